The minimum absolute atomic E-state index is 0.00616. The number of amides is 1. The van der Waals surface area contributed by atoms with Crippen molar-refractivity contribution in [2.75, 3.05) is 19.6 Å². The Morgan fingerprint density at radius 3 is 2.31 bits per heavy atom. The van der Waals surface area contributed by atoms with Crippen LogP contribution in [-0.2, 0) is 14.8 Å². The van der Waals surface area contributed by atoms with Crippen molar-refractivity contribution in [3.8, 4) is 0 Å². The molecule has 5 nitrogen and oxygen atoms in total. The van der Waals surface area contributed by atoms with Crippen molar-refractivity contribution in [3.05, 3.63) is 28.8 Å². The first kappa shape index (κ1) is 20.9. The molecule has 0 radical (unpaired) electrons. The number of rotatable bonds is 4. The Hall–Kier alpha value is -1.40. The summed E-state index contributed by atoms with van der Waals surface area (Å²) in [5, 5.41) is 2.97. The molecule has 6 heteroatoms. The maximum atomic E-state index is 13.2. The lowest BCUT2D eigenvalue weighted by Gasteiger charge is -2.32. The lowest BCUT2D eigenvalue weighted by atomic mass is 9.95. The summed E-state index contributed by atoms with van der Waals surface area (Å²) in [4.78, 5) is 12.9. The van der Waals surface area contributed by atoms with E-state index in [4.69, 9.17) is 0 Å². The van der Waals surface area contributed by atoms with E-state index in [0.717, 1.165) is 23.1 Å². The topological polar surface area (TPSA) is 66.5 Å². The van der Waals surface area contributed by atoms with Crippen LogP contribution >= 0.6 is 0 Å². The molecule has 1 amide bonds. The predicted molar refractivity (Wildman–Crippen MR) is 105 cm³/mol. The summed E-state index contributed by atoms with van der Waals surface area (Å²) in [5.41, 5.74) is 2.59. The van der Waals surface area contributed by atoms with Gasteiger partial charge in [0.2, 0.25) is 15.9 Å². The maximum Gasteiger partial charge on any atom is 0.243 e. The second-order valence-electron chi connectivity index (χ2n) is 8.71. The third-order valence-corrected chi connectivity index (χ3v) is 6.92. The molecule has 146 valence electrons. The highest BCUT2D eigenvalue weighted by Crippen LogP contribution is 2.29. The van der Waals surface area contributed by atoms with Crippen molar-refractivity contribution in [2.24, 2.45) is 11.3 Å². The van der Waals surface area contributed by atoms with E-state index in [1.54, 1.807) is 0 Å². The Bertz CT molecular complexity index is 756. The fraction of sp³-hybridized carbons (Fsp3) is 0.650. The van der Waals surface area contributed by atoms with Crippen molar-refractivity contribution in [2.45, 2.75) is 59.3 Å². The molecule has 26 heavy (non-hydrogen) atoms. The third-order valence-electron chi connectivity index (χ3n) is 4.75. The van der Waals surface area contributed by atoms with Crippen molar-refractivity contribution < 1.29 is 13.2 Å². The largest absolute Gasteiger partial charge is 0.355 e. The average Bonchev–Trinajstić information content (AvgIpc) is 2.50. The summed E-state index contributed by atoms with van der Waals surface area (Å²) in [7, 11) is -3.60. The monoisotopic (exact) mass is 380 g/mol. The Kier molecular flexibility index (Phi) is 6.18. The molecule has 1 aliphatic rings. The van der Waals surface area contributed by atoms with Crippen LogP contribution in [0.5, 0.6) is 0 Å². The van der Waals surface area contributed by atoms with Crippen LogP contribution in [0.3, 0.4) is 0 Å². The molecule has 1 atom stereocenters. The molecule has 1 saturated heterocycles. The summed E-state index contributed by atoms with van der Waals surface area (Å²) in [5.74, 6) is -0.330. The summed E-state index contributed by atoms with van der Waals surface area (Å²) in [6.07, 6.45) is 1.44. The number of piperidine rings is 1. The van der Waals surface area contributed by atoms with Gasteiger partial charge in [0, 0.05) is 19.6 Å². The molecule has 1 N–H and O–H groups in total. The first-order valence-corrected chi connectivity index (χ1v) is 10.7. The van der Waals surface area contributed by atoms with Crippen molar-refractivity contribution in [1.82, 2.24) is 9.62 Å². The van der Waals surface area contributed by atoms with Gasteiger partial charge in [-0.2, -0.15) is 4.31 Å². The van der Waals surface area contributed by atoms with E-state index in [0.29, 0.717) is 24.4 Å². The number of sulfonamides is 1. The minimum atomic E-state index is -3.60. The normalized spacial score (nSPS) is 19.4. The predicted octanol–water partition coefficient (Wildman–Crippen LogP) is 3.17. The number of carbonyl (C=O) groups is 1. The second-order valence-corrected chi connectivity index (χ2v) is 10.6. The van der Waals surface area contributed by atoms with Crippen LogP contribution in [0.1, 0.15) is 50.3 Å². The van der Waals surface area contributed by atoms with Gasteiger partial charge in [-0.3, -0.25) is 4.79 Å². The van der Waals surface area contributed by atoms with Crippen LogP contribution in [0.2, 0.25) is 0 Å². The lowest BCUT2D eigenvalue weighted by molar-refractivity contribution is -0.126. The van der Waals surface area contributed by atoms with Gasteiger partial charge in [0.25, 0.3) is 0 Å². The Balaban J connectivity index is 2.20. The van der Waals surface area contributed by atoms with Crippen LogP contribution in [-0.4, -0.2) is 38.3 Å². The molecule has 0 saturated carbocycles. The van der Waals surface area contributed by atoms with Gasteiger partial charge in [0.05, 0.1) is 10.8 Å². The molecule has 1 aromatic carbocycles. The molecule has 0 spiro atoms. The van der Waals surface area contributed by atoms with Gasteiger partial charge in [0.15, 0.2) is 0 Å². The van der Waals surface area contributed by atoms with Crippen molar-refractivity contribution >= 4 is 15.9 Å². The summed E-state index contributed by atoms with van der Waals surface area (Å²) < 4.78 is 27.9. The second kappa shape index (κ2) is 7.69. The van der Waals surface area contributed by atoms with E-state index in [-0.39, 0.29) is 23.8 Å². The van der Waals surface area contributed by atoms with Gasteiger partial charge >= 0.3 is 0 Å². The number of nitrogens with one attached hydrogen (secondary N) is 1. The van der Waals surface area contributed by atoms with Crippen LogP contribution in [0, 0.1) is 32.1 Å². The minimum Gasteiger partial charge on any atom is -0.355 e. The molecule has 1 heterocycles. The highest BCUT2D eigenvalue weighted by atomic mass is 32.2. The molecule has 0 aliphatic carbocycles. The Labute approximate surface area is 158 Å². The van der Waals surface area contributed by atoms with Gasteiger partial charge in [-0.15, -0.1) is 0 Å². The highest BCUT2D eigenvalue weighted by Gasteiger charge is 2.35. The van der Waals surface area contributed by atoms with Crippen LogP contribution < -0.4 is 5.32 Å². The van der Waals surface area contributed by atoms with Crippen molar-refractivity contribution in [1.29, 1.82) is 0 Å². The number of nitrogens with zero attached hydrogens (tertiary/aromatic N) is 1. The number of aryl methyl sites for hydroxylation is 3. The first-order valence-electron chi connectivity index (χ1n) is 9.27. The van der Waals surface area contributed by atoms with Crippen molar-refractivity contribution in [3.63, 3.8) is 0 Å². The molecule has 0 aromatic heterocycles. The summed E-state index contributed by atoms with van der Waals surface area (Å²) in [6, 6.07) is 3.80. The van der Waals surface area contributed by atoms with E-state index in [1.807, 2.05) is 32.9 Å². The van der Waals surface area contributed by atoms with Gasteiger partial charge < -0.3 is 5.32 Å². The fourth-order valence-electron chi connectivity index (χ4n) is 3.57. The third kappa shape index (κ3) is 4.86. The van der Waals surface area contributed by atoms with Gasteiger partial charge in [0.1, 0.15) is 0 Å². The fourth-order valence-corrected chi connectivity index (χ4v) is 5.51. The Morgan fingerprint density at radius 1 is 1.19 bits per heavy atom. The lowest BCUT2D eigenvalue weighted by Crippen LogP contribution is -2.46. The van der Waals surface area contributed by atoms with E-state index in [2.05, 4.69) is 26.1 Å². The van der Waals surface area contributed by atoms with E-state index in [1.165, 1.54) is 4.31 Å². The quantitative estimate of drug-likeness (QED) is 0.872. The highest BCUT2D eigenvalue weighted by molar-refractivity contribution is 7.89. The van der Waals surface area contributed by atoms with Gasteiger partial charge in [-0.1, -0.05) is 38.5 Å². The molecule has 1 aromatic rings. The molecule has 2 rings (SSSR count). The summed E-state index contributed by atoms with van der Waals surface area (Å²) >= 11 is 0. The number of benzene rings is 1. The van der Waals surface area contributed by atoms with E-state index < -0.39 is 10.0 Å². The zero-order chi connectivity index (χ0) is 19.7. The molecular weight excluding hydrogens is 348 g/mol. The van der Waals surface area contributed by atoms with Crippen LogP contribution in [0.15, 0.2) is 17.0 Å². The first-order chi connectivity index (χ1) is 11.9. The summed E-state index contributed by atoms with van der Waals surface area (Å²) in [6.45, 7) is 13.1. The van der Waals surface area contributed by atoms with Gasteiger partial charge in [-0.05, 0) is 50.2 Å². The molecular formula is C20H32N2O3S. The number of carbonyl (C=O) groups excluding carboxylic acids is 1. The standard InChI is InChI=1S/C20H32N2O3S/c1-14-10-15(2)18(16(3)11-14)26(24,25)22-9-7-8-17(12-22)19(23)21-13-20(4,5)6/h10-11,17H,7-9,12-13H2,1-6H3,(H,21,23). The maximum absolute atomic E-state index is 13.2. The molecule has 1 fully saturated rings. The van der Waals surface area contributed by atoms with E-state index in [9.17, 15) is 13.2 Å². The Morgan fingerprint density at radius 2 is 1.77 bits per heavy atom. The van der Waals surface area contributed by atoms with E-state index >= 15 is 0 Å². The number of hydrogen-bond acceptors (Lipinski definition) is 3. The smallest absolute Gasteiger partial charge is 0.243 e. The molecule has 1 unspecified atom stereocenters. The van der Waals surface area contributed by atoms with Crippen LogP contribution in [0.25, 0.3) is 0 Å². The van der Waals surface area contributed by atoms with Crippen LogP contribution in [0.4, 0.5) is 0 Å². The SMILES string of the molecule is Cc1cc(C)c(S(=O)(=O)N2CCCC(C(=O)NCC(C)(C)C)C2)c(C)c1. The average molecular weight is 381 g/mol. The molecule has 0 bridgehead atoms. The number of hydrogen-bond donors (Lipinski definition) is 1. The zero-order valence-corrected chi connectivity index (χ0v) is 17.7. The zero-order valence-electron chi connectivity index (χ0n) is 16.8. The van der Waals surface area contributed by atoms with Gasteiger partial charge in [-0.25, -0.2) is 8.42 Å². The molecule has 1 aliphatic heterocycles.